The van der Waals surface area contributed by atoms with E-state index in [1.165, 1.54) is 12.2 Å². The van der Waals surface area contributed by atoms with Crippen LogP contribution < -0.4 is 5.32 Å². The molecule has 4 heteroatoms. The highest BCUT2D eigenvalue weighted by Gasteiger charge is 2.20. The van der Waals surface area contributed by atoms with Crippen molar-refractivity contribution in [3.05, 3.63) is 43.3 Å². The number of nitrogens with one attached hydrogen (secondary N) is 1. The van der Waals surface area contributed by atoms with E-state index in [2.05, 4.69) is 25.1 Å². The minimum atomic E-state index is -3.27. The molecule has 0 saturated carbocycles. The Morgan fingerprint density at radius 1 is 1.23 bits per heavy atom. The van der Waals surface area contributed by atoms with Crippen molar-refractivity contribution < 1.29 is 8.42 Å². The van der Waals surface area contributed by atoms with E-state index in [1.807, 2.05) is 0 Å². The van der Waals surface area contributed by atoms with Crippen molar-refractivity contribution in [1.29, 1.82) is 0 Å². The lowest BCUT2D eigenvalue weighted by Crippen LogP contribution is -2.28. The number of rotatable bonds is 7. The Bertz CT molecular complexity index is 280. The van der Waals surface area contributed by atoms with Gasteiger partial charge in [0.2, 0.25) is 0 Å². The molecule has 0 spiro atoms. The van der Waals surface area contributed by atoms with Crippen molar-refractivity contribution in [3.63, 3.8) is 0 Å². The summed E-state index contributed by atoms with van der Waals surface area (Å²) < 4.78 is 22.8. The Kier molecular flexibility index (Phi) is 5.34. The first-order valence-electron chi connectivity index (χ1n) is 3.76. The molecule has 0 heterocycles. The molecule has 3 nitrogen and oxygen atoms in total. The molecule has 0 amide bonds. The first-order valence-corrected chi connectivity index (χ1v) is 5.41. The predicted molar refractivity (Wildman–Crippen MR) is 55.6 cm³/mol. The number of hydrogen-bond donors (Lipinski definition) is 1. The van der Waals surface area contributed by atoms with E-state index < -0.39 is 9.84 Å². The van der Waals surface area contributed by atoms with Crippen molar-refractivity contribution in [2.45, 2.75) is 0 Å². The van der Waals surface area contributed by atoms with E-state index in [-0.39, 0.29) is 11.1 Å². The quantitative estimate of drug-likeness (QED) is 0.624. The first kappa shape index (κ1) is 12.1. The second-order valence-corrected chi connectivity index (χ2v) is 4.31. The van der Waals surface area contributed by atoms with Crippen LogP contribution in [0.4, 0.5) is 0 Å². The summed E-state index contributed by atoms with van der Waals surface area (Å²) in [5.74, 6) is -0.0848. The Hall–Kier alpha value is -0.870. The maximum absolute atomic E-state index is 11.4. The van der Waals surface area contributed by atoms with Crippen LogP contribution in [0.2, 0.25) is 0 Å². The van der Waals surface area contributed by atoms with Crippen molar-refractivity contribution in [3.8, 4) is 0 Å². The van der Waals surface area contributed by atoms with Crippen LogP contribution in [0, 0.1) is 5.37 Å². The summed E-state index contributed by atoms with van der Waals surface area (Å²) in [6.45, 7) is 10.7. The predicted octanol–water partition coefficient (Wildman–Crippen LogP) is 1.04. The smallest absolute Gasteiger partial charge is 0.179 e. The average molecular weight is 200 g/mol. The molecule has 0 rings (SSSR count). The molecule has 0 aliphatic carbocycles. The summed E-state index contributed by atoms with van der Waals surface area (Å²) in [5, 5.41) is 2.81. The molecule has 1 N–H and O–H groups in total. The van der Waals surface area contributed by atoms with Gasteiger partial charge in [0.1, 0.15) is 0 Å². The molecular formula is C9H14NO2S. The Morgan fingerprint density at radius 3 is 2.23 bits per heavy atom. The molecule has 1 radical (unpaired) electrons. The van der Waals surface area contributed by atoms with E-state index in [4.69, 9.17) is 0 Å². The molecule has 0 aliphatic rings. The summed E-state index contributed by atoms with van der Waals surface area (Å²) in [7, 11) is -3.27. The van der Waals surface area contributed by atoms with Crippen LogP contribution in [0.15, 0.2) is 38.0 Å². The lowest BCUT2D eigenvalue weighted by atomic mass is 10.5. The fourth-order valence-corrected chi connectivity index (χ4v) is 1.77. The van der Waals surface area contributed by atoms with E-state index in [9.17, 15) is 8.42 Å². The van der Waals surface area contributed by atoms with Crippen LogP contribution >= 0.6 is 0 Å². The van der Waals surface area contributed by atoms with Gasteiger partial charge in [-0.25, -0.2) is 8.42 Å². The van der Waals surface area contributed by atoms with E-state index in [0.29, 0.717) is 6.54 Å². The summed E-state index contributed by atoms with van der Waals surface area (Å²) in [4.78, 5) is 0. The molecule has 0 atom stereocenters. The zero-order valence-corrected chi connectivity index (χ0v) is 8.31. The number of hydrogen-bond acceptors (Lipinski definition) is 3. The standard InChI is InChI=1S/C9H14NO2S/c1-4-7-10-9(6-3)13(11,12)8-5-2/h4-6,10H,1-3,7-8H2. The zero-order valence-electron chi connectivity index (χ0n) is 7.49. The van der Waals surface area contributed by atoms with Crippen molar-refractivity contribution in [2.24, 2.45) is 0 Å². The van der Waals surface area contributed by atoms with Crippen LogP contribution in [-0.4, -0.2) is 20.7 Å². The van der Waals surface area contributed by atoms with Gasteiger partial charge in [-0.15, -0.1) is 19.7 Å². The third-order valence-corrected chi connectivity index (χ3v) is 2.93. The summed E-state index contributed by atoms with van der Waals surface area (Å²) in [6, 6.07) is 0. The van der Waals surface area contributed by atoms with Gasteiger partial charge in [0.05, 0.1) is 5.75 Å². The number of sulfone groups is 1. The molecule has 0 aromatic rings. The van der Waals surface area contributed by atoms with Crippen molar-refractivity contribution in [1.82, 2.24) is 5.32 Å². The first-order chi connectivity index (χ1) is 6.08. The largest absolute Gasteiger partial charge is 0.289 e. The van der Waals surface area contributed by atoms with E-state index in [0.717, 1.165) is 0 Å². The van der Waals surface area contributed by atoms with Gasteiger partial charge in [-0.1, -0.05) is 18.2 Å². The molecule has 0 unspecified atom stereocenters. The third kappa shape index (κ3) is 4.05. The molecule has 0 bridgehead atoms. The van der Waals surface area contributed by atoms with Crippen molar-refractivity contribution in [2.75, 3.05) is 12.3 Å². The molecule has 0 aromatic carbocycles. The maximum Gasteiger partial charge on any atom is 0.179 e. The van der Waals surface area contributed by atoms with Gasteiger partial charge in [-0.05, 0) is 0 Å². The summed E-state index contributed by atoms with van der Waals surface area (Å²) in [6.07, 6.45) is 4.20. The highest BCUT2D eigenvalue weighted by Crippen LogP contribution is 2.08. The van der Waals surface area contributed by atoms with Gasteiger partial charge in [-0.2, -0.15) is 0 Å². The SMILES string of the molecule is C=CCN[C](C=C)S(=O)(=O)CC=C. The van der Waals surface area contributed by atoms with Crippen molar-refractivity contribution >= 4 is 9.84 Å². The average Bonchev–Trinajstić information content (AvgIpc) is 2.05. The van der Waals surface area contributed by atoms with E-state index >= 15 is 0 Å². The van der Waals surface area contributed by atoms with Gasteiger partial charge >= 0.3 is 0 Å². The Balaban J connectivity index is 4.46. The Labute approximate surface area is 79.8 Å². The minimum absolute atomic E-state index is 0.0848. The highest BCUT2D eigenvalue weighted by molar-refractivity contribution is 7.94. The van der Waals surface area contributed by atoms with Gasteiger partial charge in [0.25, 0.3) is 0 Å². The monoisotopic (exact) mass is 200 g/mol. The highest BCUT2D eigenvalue weighted by atomic mass is 32.2. The van der Waals surface area contributed by atoms with Crippen LogP contribution in [0.5, 0.6) is 0 Å². The molecule has 13 heavy (non-hydrogen) atoms. The van der Waals surface area contributed by atoms with Crippen LogP contribution in [0.25, 0.3) is 0 Å². The second-order valence-electron chi connectivity index (χ2n) is 2.31. The fourth-order valence-electron chi connectivity index (χ4n) is 0.727. The normalized spacial score (nSPS) is 11.2. The summed E-state index contributed by atoms with van der Waals surface area (Å²) in [5.41, 5.74) is 0. The zero-order chi connectivity index (χ0) is 10.3. The van der Waals surface area contributed by atoms with Gasteiger partial charge in [0, 0.05) is 6.54 Å². The molecule has 73 valence electrons. The van der Waals surface area contributed by atoms with E-state index in [1.54, 1.807) is 6.08 Å². The lowest BCUT2D eigenvalue weighted by Gasteiger charge is -2.11. The molecule has 0 saturated heterocycles. The molecule has 0 fully saturated rings. The van der Waals surface area contributed by atoms with Gasteiger partial charge in [0.15, 0.2) is 15.2 Å². The molecular weight excluding hydrogens is 186 g/mol. The van der Waals surface area contributed by atoms with Crippen LogP contribution in [0.3, 0.4) is 0 Å². The molecule has 0 aliphatic heterocycles. The van der Waals surface area contributed by atoms with Gasteiger partial charge < -0.3 is 0 Å². The third-order valence-electron chi connectivity index (χ3n) is 1.28. The second kappa shape index (κ2) is 5.72. The Morgan fingerprint density at radius 2 is 1.85 bits per heavy atom. The lowest BCUT2D eigenvalue weighted by molar-refractivity contribution is 0.595. The fraction of sp³-hybridized carbons (Fsp3) is 0.222. The molecule has 0 aromatic heterocycles. The van der Waals surface area contributed by atoms with Crippen LogP contribution in [0.1, 0.15) is 0 Å². The van der Waals surface area contributed by atoms with Crippen LogP contribution in [-0.2, 0) is 9.84 Å². The maximum atomic E-state index is 11.4. The summed E-state index contributed by atoms with van der Waals surface area (Å²) >= 11 is 0. The van der Waals surface area contributed by atoms with Gasteiger partial charge in [-0.3, -0.25) is 5.32 Å². The minimum Gasteiger partial charge on any atom is -0.289 e. The topological polar surface area (TPSA) is 46.2 Å².